The highest BCUT2D eigenvalue weighted by Gasteiger charge is 2.16. The van der Waals surface area contributed by atoms with Gasteiger partial charge in [0, 0.05) is 0 Å². The summed E-state index contributed by atoms with van der Waals surface area (Å²) in [6.45, 7) is 1.67. The third-order valence-electron chi connectivity index (χ3n) is 4.00. The van der Waals surface area contributed by atoms with Crippen molar-refractivity contribution in [2.45, 2.75) is 19.6 Å². The number of rotatable bonds is 8. The van der Waals surface area contributed by atoms with Gasteiger partial charge in [0.15, 0.2) is 6.61 Å². The highest BCUT2D eigenvalue weighted by Crippen LogP contribution is 2.15. The SMILES string of the molecule is C[C@@H](NC(=O)COC(=O)c1ccc(COc2ccccc2)o1)c1ccccc1. The van der Waals surface area contributed by atoms with Gasteiger partial charge in [-0.2, -0.15) is 0 Å². The number of carbonyl (C=O) groups excluding carboxylic acids is 2. The number of hydrogen-bond donors (Lipinski definition) is 1. The topological polar surface area (TPSA) is 77.8 Å². The number of esters is 1. The van der Waals surface area contributed by atoms with Crippen molar-refractivity contribution in [3.05, 3.63) is 89.9 Å². The van der Waals surface area contributed by atoms with Gasteiger partial charge in [-0.05, 0) is 36.8 Å². The number of benzene rings is 2. The average Bonchev–Trinajstić information content (AvgIpc) is 3.21. The van der Waals surface area contributed by atoms with Gasteiger partial charge in [0.25, 0.3) is 5.91 Å². The first-order chi connectivity index (χ1) is 13.6. The molecule has 0 unspecified atom stereocenters. The van der Waals surface area contributed by atoms with Crippen LogP contribution in [-0.2, 0) is 16.1 Å². The third kappa shape index (κ3) is 5.48. The van der Waals surface area contributed by atoms with Crippen LogP contribution in [0.15, 0.2) is 77.2 Å². The molecule has 0 saturated carbocycles. The first kappa shape index (κ1) is 19.2. The molecule has 1 heterocycles. The number of carbonyl (C=O) groups is 2. The Morgan fingerprint density at radius 3 is 2.36 bits per heavy atom. The van der Waals surface area contributed by atoms with Crippen molar-refractivity contribution >= 4 is 11.9 Å². The summed E-state index contributed by atoms with van der Waals surface area (Å²) in [6, 6.07) is 21.8. The molecule has 2 aromatic carbocycles. The van der Waals surface area contributed by atoms with Crippen LogP contribution >= 0.6 is 0 Å². The van der Waals surface area contributed by atoms with E-state index in [0.29, 0.717) is 11.5 Å². The molecule has 1 atom stereocenters. The Labute approximate surface area is 163 Å². The Hall–Kier alpha value is -3.54. The number of amides is 1. The van der Waals surface area contributed by atoms with Crippen LogP contribution in [0.1, 0.15) is 34.8 Å². The molecule has 1 N–H and O–H groups in total. The summed E-state index contributed by atoms with van der Waals surface area (Å²) in [4.78, 5) is 24.0. The van der Waals surface area contributed by atoms with Gasteiger partial charge in [-0.1, -0.05) is 48.5 Å². The lowest BCUT2D eigenvalue weighted by Crippen LogP contribution is -2.31. The highest BCUT2D eigenvalue weighted by molar-refractivity contribution is 5.88. The van der Waals surface area contributed by atoms with Crippen molar-refractivity contribution in [3.8, 4) is 5.75 Å². The van der Waals surface area contributed by atoms with E-state index in [4.69, 9.17) is 13.9 Å². The number of ether oxygens (including phenoxy) is 2. The predicted molar refractivity (Wildman–Crippen MR) is 103 cm³/mol. The molecule has 1 amide bonds. The van der Waals surface area contributed by atoms with Gasteiger partial charge in [0.2, 0.25) is 5.76 Å². The molecule has 144 valence electrons. The van der Waals surface area contributed by atoms with Gasteiger partial charge >= 0.3 is 5.97 Å². The van der Waals surface area contributed by atoms with E-state index in [-0.39, 0.29) is 30.9 Å². The minimum atomic E-state index is -0.700. The van der Waals surface area contributed by atoms with E-state index < -0.39 is 5.97 Å². The first-order valence-corrected chi connectivity index (χ1v) is 8.90. The quantitative estimate of drug-likeness (QED) is 0.601. The predicted octanol–water partition coefficient (Wildman–Crippen LogP) is 3.89. The minimum absolute atomic E-state index is 0.0237. The largest absolute Gasteiger partial charge is 0.486 e. The zero-order chi connectivity index (χ0) is 19.8. The van der Waals surface area contributed by atoms with Crippen LogP contribution in [0.25, 0.3) is 0 Å². The molecule has 3 aromatic rings. The maximum absolute atomic E-state index is 12.1. The van der Waals surface area contributed by atoms with Crippen molar-refractivity contribution in [1.29, 1.82) is 0 Å². The Morgan fingerprint density at radius 2 is 1.64 bits per heavy atom. The van der Waals surface area contributed by atoms with Crippen molar-refractivity contribution in [1.82, 2.24) is 5.32 Å². The second kappa shape index (κ2) is 9.41. The maximum atomic E-state index is 12.1. The van der Waals surface area contributed by atoms with Crippen LogP contribution < -0.4 is 10.1 Å². The minimum Gasteiger partial charge on any atom is -0.486 e. The second-order valence-electron chi connectivity index (χ2n) is 6.14. The van der Waals surface area contributed by atoms with Crippen LogP contribution in [0.2, 0.25) is 0 Å². The van der Waals surface area contributed by atoms with Crippen LogP contribution in [-0.4, -0.2) is 18.5 Å². The van der Waals surface area contributed by atoms with E-state index in [1.807, 2.05) is 67.6 Å². The third-order valence-corrected chi connectivity index (χ3v) is 4.00. The van der Waals surface area contributed by atoms with Gasteiger partial charge in [0.1, 0.15) is 18.1 Å². The van der Waals surface area contributed by atoms with E-state index in [2.05, 4.69) is 5.32 Å². The van der Waals surface area contributed by atoms with E-state index in [9.17, 15) is 9.59 Å². The summed E-state index contributed by atoms with van der Waals surface area (Å²) in [5.74, 6) is 0.123. The van der Waals surface area contributed by atoms with Gasteiger partial charge in [-0.25, -0.2) is 4.79 Å². The smallest absolute Gasteiger partial charge is 0.374 e. The van der Waals surface area contributed by atoms with E-state index >= 15 is 0 Å². The summed E-state index contributed by atoms with van der Waals surface area (Å²) < 4.78 is 16.0. The number of para-hydroxylation sites is 1. The number of nitrogens with one attached hydrogen (secondary N) is 1. The van der Waals surface area contributed by atoms with Gasteiger partial charge in [-0.3, -0.25) is 4.79 Å². The number of hydrogen-bond acceptors (Lipinski definition) is 5. The molecule has 0 aliphatic carbocycles. The van der Waals surface area contributed by atoms with Crippen molar-refractivity contribution in [2.75, 3.05) is 6.61 Å². The normalized spacial score (nSPS) is 11.5. The lowest BCUT2D eigenvalue weighted by molar-refractivity contribution is -0.124. The zero-order valence-corrected chi connectivity index (χ0v) is 15.5. The van der Waals surface area contributed by atoms with Crippen molar-refractivity contribution < 1.29 is 23.5 Å². The summed E-state index contributed by atoms with van der Waals surface area (Å²) in [6.07, 6.45) is 0. The standard InChI is InChI=1S/C22H21NO5/c1-16(17-8-4-2-5-9-17)23-21(24)15-27-22(25)20-13-12-19(28-20)14-26-18-10-6-3-7-11-18/h2-13,16H,14-15H2,1H3,(H,23,24)/t16-/m1/s1. The average molecular weight is 379 g/mol. The summed E-state index contributed by atoms with van der Waals surface area (Å²) in [5, 5.41) is 2.78. The molecule has 0 saturated heterocycles. The molecule has 1 aromatic heterocycles. The molecular formula is C22H21NO5. The molecule has 0 aliphatic rings. The molecule has 0 radical (unpaired) electrons. The van der Waals surface area contributed by atoms with Gasteiger partial charge in [0.05, 0.1) is 6.04 Å². The molecule has 6 heteroatoms. The summed E-state index contributed by atoms with van der Waals surface area (Å²) in [5.41, 5.74) is 0.969. The summed E-state index contributed by atoms with van der Waals surface area (Å²) in [7, 11) is 0. The fourth-order valence-electron chi connectivity index (χ4n) is 2.55. The van der Waals surface area contributed by atoms with E-state index in [0.717, 1.165) is 5.56 Å². The Balaban J connectivity index is 1.44. The van der Waals surface area contributed by atoms with Crippen LogP contribution in [0.5, 0.6) is 5.75 Å². The molecule has 6 nitrogen and oxygen atoms in total. The molecule has 0 aliphatic heterocycles. The molecular weight excluding hydrogens is 358 g/mol. The lowest BCUT2D eigenvalue weighted by Gasteiger charge is -2.14. The lowest BCUT2D eigenvalue weighted by atomic mass is 10.1. The first-order valence-electron chi connectivity index (χ1n) is 8.90. The molecule has 0 spiro atoms. The van der Waals surface area contributed by atoms with Crippen molar-refractivity contribution in [2.24, 2.45) is 0 Å². The van der Waals surface area contributed by atoms with E-state index in [1.54, 1.807) is 6.07 Å². The monoisotopic (exact) mass is 379 g/mol. The fourth-order valence-corrected chi connectivity index (χ4v) is 2.55. The Bertz CT molecular complexity index is 905. The van der Waals surface area contributed by atoms with Crippen LogP contribution in [0.4, 0.5) is 0 Å². The molecule has 0 bridgehead atoms. The number of furan rings is 1. The molecule has 28 heavy (non-hydrogen) atoms. The maximum Gasteiger partial charge on any atom is 0.374 e. The second-order valence-corrected chi connectivity index (χ2v) is 6.14. The van der Waals surface area contributed by atoms with Gasteiger partial charge < -0.3 is 19.2 Å². The fraction of sp³-hybridized carbons (Fsp3) is 0.182. The molecule has 3 rings (SSSR count). The van der Waals surface area contributed by atoms with Crippen molar-refractivity contribution in [3.63, 3.8) is 0 Å². The van der Waals surface area contributed by atoms with Crippen LogP contribution in [0, 0.1) is 0 Å². The zero-order valence-electron chi connectivity index (χ0n) is 15.5. The van der Waals surface area contributed by atoms with E-state index in [1.165, 1.54) is 6.07 Å². The van der Waals surface area contributed by atoms with Crippen LogP contribution in [0.3, 0.4) is 0 Å². The molecule has 0 fully saturated rings. The Morgan fingerprint density at radius 1 is 0.964 bits per heavy atom. The highest BCUT2D eigenvalue weighted by atomic mass is 16.6. The Kier molecular flexibility index (Phi) is 6.46. The summed E-state index contributed by atoms with van der Waals surface area (Å²) >= 11 is 0. The van der Waals surface area contributed by atoms with Gasteiger partial charge in [-0.15, -0.1) is 0 Å².